The van der Waals surface area contributed by atoms with Crippen LogP contribution in [0.5, 0.6) is 0 Å². The first-order valence-electron chi connectivity index (χ1n) is 10.7. The number of hydrogen-bond acceptors (Lipinski definition) is 5. The van der Waals surface area contributed by atoms with Crippen LogP contribution < -0.4 is 10.6 Å². The number of aryl methyl sites for hydroxylation is 1. The zero-order valence-electron chi connectivity index (χ0n) is 18.5. The van der Waals surface area contributed by atoms with Crippen molar-refractivity contribution in [2.24, 2.45) is 0 Å². The van der Waals surface area contributed by atoms with E-state index < -0.39 is 5.82 Å². The molecule has 4 rings (SSSR count). The molecule has 0 saturated carbocycles. The van der Waals surface area contributed by atoms with Crippen molar-refractivity contribution in [3.8, 4) is 0 Å². The SMILES string of the molecule is Cc1[nH]c(/C=C2\C(=O)Nc3ccc(F)cc32)c(C)c1C(=O)NC[C@@H](CN1CCOCC1)OI. The number of anilines is 1. The molecule has 0 bridgehead atoms. The monoisotopic (exact) mass is 568 g/mol. The number of morpholine rings is 1. The number of carbonyl (C=O) groups is 2. The fourth-order valence-electron chi connectivity index (χ4n) is 4.20. The minimum Gasteiger partial charge on any atom is -0.379 e. The van der Waals surface area contributed by atoms with Crippen LogP contribution in [-0.2, 0) is 12.6 Å². The number of hydrogen-bond donors (Lipinski definition) is 3. The Kier molecular flexibility index (Phi) is 7.47. The van der Waals surface area contributed by atoms with Gasteiger partial charge in [0, 0.05) is 48.8 Å². The lowest BCUT2D eigenvalue weighted by molar-refractivity contribution is -0.110. The van der Waals surface area contributed by atoms with E-state index in [9.17, 15) is 14.0 Å². The number of H-pyrrole nitrogens is 1. The van der Waals surface area contributed by atoms with Crippen molar-refractivity contribution in [3.05, 3.63) is 52.1 Å². The fraction of sp³-hybridized carbons (Fsp3) is 0.391. The van der Waals surface area contributed by atoms with Crippen molar-refractivity contribution in [2.45, 2.75) is 20.0 Å². The number of benzene rings is 1. The van der Waals surface area contributed by atoms with Crippen LogP contribution in [0.15, 0.2) is 18.2 Å². The van der Waals surface area contributed by atoms with Crippen LogP contribution in [0.25, 0.3) is 11.6 Å². The van der Waals surface area contributed by atoms with Gasteiger partial charge >= 0.3 is 0 Å². The largest absolute Gasteiger partial charge is 0.379 e. The van der Waals surface area contributed by atoms with Gasteiger partial charge in [0.1, 0.15) is 28.8 Å². The molecule has 33 heavy (non-hydrogen) atoms. The van der Waals surface area contributed by atoms with Gasteiger partial charge in [-0.05, 0) is 43.7 Å². The second-order valence-corrected chi connectivity index (χ2v) is 8.71. The van der Waals surface area contributed by atoms with Gasteiger partial charge in [0.05, 0.1) is 30.5 Å². The van der Waals surface area contributed by atoms with Gasteiger partial charge in [0.25, 0.3) is 11.8 Å². The Labute approximate surface area is 205 Å². The van der Waals surface area contributed by atoms with Crippen molar-refractivity contribution >= 4 is 52.2 Å². The van der Waals surface area contributed by atoms with Gasteiger partial charge in [0.15, 0.2) is 0 Å². The molecule has 0 aliphatic carbocycles. The van der Waals surface area contributed by atoms with Gasteiger partial charge in [-0.25, -0.2) is 4.39 Å². The van der Waals surface area contributed by atoms with Crippen LogP contribution in [0.2, 0.25) is 0 Å². The number of amides is 2. The maximum absolute atomic E-state index is 13.7. The highest BCUT2D eigenvalue weighted by Crippen LogP contribution is 2.34. The zero-order valence-corrected chi connectivity index (χ0v) is 20.6. The van der Waals surface area contributed by atoms with E-state index in [1.165, 1.54) is 18.2 Å². The number of ether oxygens (including phenoxy) is 1. The second-order valence-electron chi connectivity index (χ2n) is 8.20. The first-order chi connectivity index (χ1) is 15.9. The predicted molar refractivity (Wildman–Crippen MR) is 132 cm³/mol. The van der Waals surface area contributed by atoms with Crippen LogP contribution in [-0.4, -0.2) is 67.2 Å². The zero-order chi connectivity index (χ0) is 23.5. The molecular formula is C23H26FIN4O4. The van der Waals surface area contributed by atoms with Gasteiger partial charge in [-0.3, -0.25) is 14.5 Å². The standard InChI is InChI=1S/C23H26FIN4O4/c1-13-20(10-18-17-9-15(24)3-4-19(17)28-22(18)30)27-14(2)21(13)23(31)26-11-16(33-25)12-29-5-7-32-8-6-29/h3-4,9-10,16,27H,5-8,11-12H2,1-2H3,(H,26,31)(H,28,30)/b18-10-/t16-/m0/s1. The molecule has 3 N–H and O–H groups in total. The number of aromatic amines is 1. The summed E-state index contributed by atoms with van der Waals surface area (Å²) in [5.41, 5.74) is 3.99. The number of halogens is 2. The van der Waals surface area contributed by atoms with Crippen molar-refractivity contribution in [1.29, 1.82) is 0 Å². The molecule has 0 spiro atoms. The Morgan fingerprint density at radius 3 is 2.85 bits per heavy atom. The molecule has 1 atom stereocenters. The van der Waals surface area contributed by atoms with E-state index in [4.69, 9.17) is 7.80 Å². The van der Waals surface area contributed by atoms with E-state index in [2.05, 4.69) is 20.5 Å². The molecule has 176 valence electrons. The maximum atomic E-state index is 13.7. The van der Waals surface area contributed by atoms with E-state index in [-0.39, 0.29) is 17.9 Å². The number of nitrogens with zero attached hydrogens (tertiary/aromatic N) is 1. The minimum absolute atomic E-state index is 0.151. The molecule has 2 aromatic rings. The van der Waals surface area contributed by atoms with E-state index in [0.717, 1.165) is 18.7 Å². The van der Waals surface area contributed by atoms with Crippen molar-refractivity contribution in [1.82, 2.24) is 15.2 Å². The topological polar surface area (TPSA) is 95.7 Å². The average Bonchev–Trinajstić information content (AvgIpc) is 3.26. The Bertz CT molecular complexity index is 1090. The maximum Gasteiger partial charge on any atom is 0.256 e. The molecule has 3 heterocycles. The summed E-state index contributed by atoms with van der Waals surface area (Å²) in [4.78, 5) is 30.9. The number of carbonyl (C=O) groups excluding carboxylic acids is 2. The van der Waals surface area contributed by atoms with Gasteiger partial charge in [-0.1, -0.05) is 0 Å². The third-order valence-electron chi connectivity index (χ3n) is 5.94. The predicted octanol–water partition coefficient (Wildman–Crippen LogP) is 3.06. The van der Waals surface area contributed by atoms with Crippen molar-refractivity contribution in [2.75, 3.05) is 44.7 Å². The molecule has 1 aromatic carbocycles. The van der Waals surface area contributed by atoms with Crippen LogP contribution in [0, 0.1) is 19.7 Å². The molecule has 2 aliphatic rings. The minimum atomic E-state index is -0.417. The van der Waals surface area contributed by atoms with Crippen LogP contribution >= 0.6 is 23.0 Å². The number of aromatic nitrogens is 1. The Morgan fingerprint density at radius 2 is 2.12 bits per heavy atom. The lowest BCUT2D eigenvalue weighted by Crippen LogP contribution is -2.44. The third-order valence-corrected chi connectivity index (χ3v) is 6.66. The smallest absolute Gasteiger partial charge is 0.256 e. The molecule has 1 aromatic heterocycles. The molecule has 1 saturated heterocycles. The Balaban J connectivity index is 1.48. The third kappa shape index (κ3) is 5.29. The Morgan fingerprint density at radius 1 is 1.36 bits per heavy atom. The summed E-state index contributed by atoms with van der Waals surface area (Å²) >= 11 is 1.87. The summed E-state index contributed by atoms with van der Waals surface area (Å²) in [6.07, 6.45) is 1.51. The van der Waals surface area contributed by atoms with Gasteiger partial charge in [-0.2, -0.15) is 0 Å². The summed E-state index contributed by atoms with van der Waals surface area (Å²) < 4.78 is 24.6. The molecule has 0 radical (unpaired) electrons. The van der Waals surface area contributed by atoms with E-state index >= 15 is 0 Å². The lowest BCUT2D eigenvalue weighted by atomic mass is 10.0. The Hall–Kier alpha value is -2.28. The summed E-state index contributed by atoms with van der Waals surface area (Å²) in [6.45, 7) is 7.81. The van der Waals surface area contributed by atoms with Crippen molar-refractivity contribution in [3.63, 3.8) is 0 Å². The fourth-order valence-corrected chi connectivity index (χ4v) is 4.54. The van der Waals surface area contributed by atoms with E-state index in [0.29, 0.717) is 60.1 Å². The highest BCUT2D eigenvalue weighted by atomic mass is 127. The van der Waals surface area contributed by atoms with E-state index in [1.54, 1.807) is 6.08 Å². The molecule has 1 fully saturated rings. The highest BCUT2D eigenvalue weighted by molar-refractivity contribution is 14.1. The quantitative estimate of drug-likeness (QED) is 0.353. The molecule has 10 heteroatoms. The molecular weight excluding hydrogens is 542 g/mol. The average molecular weight is 568 g/mol. The molecule has 8 nitrogen and oxygen atoms in total. The normalized spacial score (nSPS) is 18.3. The number of nitrogens with one attached hydrogen (secondary N) is 3. The summed E-state index contributed by atoms with van der Waals surface area (Å²) in [5, 5.41) is 5.70. The highest BCUT2D eigenvalue weighted by Gasteiger charge is 2.26. The second kappa shape index (κ2) is 10.3. The van der Waals surface area contributed by atoms with Gasteiger partial charge in [0.2, 0.25) is 0 Å². The lowest BCUT2D eigenvalue weighted by Gasteiger charge is -2.29. The first kappa shape index (κ1) is 23.9. The van der Waals surface area contributed by atoms with Crippen LogP contribution in [0.3, 0.4) is 0 Å². The van der Waals surface area contributed by atoms with Crippen LogP contribution in [0.1, 0.15) is 32.9 Å². The number of fused-ring (bicyclic) bond motifs is 1. The van der Waals surface area contributed by atoms with Gasteiger partial charge in [-0.15, -0.1) is 0 Å². The molecule has 2 amide bonds. The summed E-state index contributed by atoms with van der Waals surface area (Å²) in [7, 11) is 0. The summed E-state index contributed by atoms with van der Waals surface area (Å²) in [5.74, 6) is -0.938. The molecule has 0 unspecified atom stereocenters. The van der Waals surface area contributed by atoms with Crippen molar-refractivity contribution < 1.29 is 21.8 Å². The number of rotatable bonds is 7. The first-order valence-corrected chi connectivity index (χ1v) is 11.6. The van der Waals surface area contributed by atoms with Gasteiger partial charge < -0.3 is 23.4 Å². The molecule has 2 aliphatic heterocycles. The van der Waals surface area contributed by atoms with E-state index in [1.807, 2.05) is 36.9 Å². The summed E-state index contributed by atoms with van der Waals surface area (Å²) in [6, 6.07) is 4.18. The van der Waals surface area contributed by atoms with Crippen LogP contribution in [0.4, 0.5) is 10.1 Å².